The lowest BCUT2D eigenvalue weighted by Gasteiger charge is -2.29. The molecule has 1 aliphatic rings. The Morgan fingerprint density at radius 3 is 2.56 bits per heavy atom. The molecule has 0 radical (unpaired) electrons. The van der Waals surface area contributed by atoms with Gasteiger partial charge in [-0.3, -0.25) is 9.78 Å². The SMILES string of the molecule is C[C@H](c1ccccn1)N(C(=O)c1ccc(-c2cscn2)cc1)C1CC1. The van der Waals surface area contributed by atoms with Crippen molar-refractivity contribution in [3.63, 3.8) is 0 Å². The van der Waals surface area contributed by atoms with Crippen LogP contribution in [0.1, 0.15) is 41.9 Å². The summed E-state index contributed by atoms with van der Waals surface area (Å²) in [6.45, 7) is 2.06. The number of pyridine rings is 1. The first-order valence-electron chi connectivity index (χ1n) is 8.46. The standard InChI is InChI=1S/C20H19N3OS/c1-14(18-4-2-3-11-21-18)23(17-9-10-17)20(24)16-7-5-15(6-8-16)19-12-25-13-22-19/h2-8,11-14,17H,9-10H2,1H3/t14-/m1/s1. The molecule has 5 heteroatoms. The number of carbonyl (C=O) groups is 1. The molecule has 2 heterocycles. The summed E-state index contributed by atoms with van der Waals surface area (Å²) in [5, 5.41) is 2.01. The lowest BCUT2D eigenvalue weighted by molar-refractivity contribution is 0.0670. The van der Waals surface area contributed by atoms with Gasteiger partial charge in [-0.1, -0.05) is 18.2 Å². The zero-order valence-electron chi connectivity index (χ0n) is 14.0. The van der Waals surface area contributed by atoms with Crippen LogP contribution in [0.5, 0.6) is 0 Å². The first kappa shape index (κ1) is 16.0. The van der Waals surface area contributed by atoms with E-state index >= 15 is 0 Å². The Morgan fingerprint density at radius 2 is 1.96 bits per heavy atom. The molecule has 1 aromatic carbocycles. The maximum atomic E-state index is 13.1. The van der Waals surface area contributed by atoms with Gasteiger partial charge in [0, 0.05) is 28.7 Å². The van der Waals surface area contributed by atoms with Gasteiger partial charge in [0.25, 0.3) is 5.91 Å². The zero-order chi connectivity index (χ0) is 17.2. The fraction of sp³-hybridized carbons (Fsp3) is 0.250. The van der Waals surface area contributed by atoms with Crippen LogP contribution >= 0.6 is 11.3 Å². The third-order valence-corrected chi connectivity index (χ3v) is 5.15. The first-order chi connectivity index (χ1) is 12.2. The second-order valence-corrected chi connectivity index (χ2v) is 7.04. The minimum atomic E-state index is -0.0283. The van der Waals surface area contributed by atoms with E-state index in [9.17, 15) is 4.79 Å². The number of carbonyl (C=O) groups excluding carboxylic acids is 1. The van der Waals surface area contributed by atoms with Crippen molar-refractivity contribution in [2.24, 2.45) is 0 Å². The predicted octanol–water partition coefficient (Wildman–Crippen LogP) is 4.57. The third-order valence-electron chi connectivity index (χ3n) is 4.57. The minimum absolute atomic E-state index is 0.0283. The van der Waals surface area contributed by atoms with Crippen molar-refractivity contribution in [3.05, 3.63) is 70.8 Å². The maximum absolute atomic E-state index is 13.1. The van der Waals surface area contributed by atoms with Crippen molar-refractivity contribution < 1.29 is 4.79 Å². The van der Waals surface area contributed by atoms with E-state index < -0.39 is 0 Å². The van der Waals surface area contributed by atoms with E-state index in [-0.39, 0.29) is 11.9 Å². The Kier molecular flexibility index (Phi) is 4.32. The van der Waals surface area contributed by atoms with Crippen molar-refractivity contribution in [2.75, 3.05) is 0 Å². The molecule has 126 valence electrons. The van der Waals surface area contributed by atoms with Gasteiger partial charge < -0.3 is 4.90 Å². The number of hydrogen-bond donors (Lipinski definition) is 0. The molecule has 0 N–H and O–H groups in total. The van der Waals surface area contributed by atoms with Crippen LogP contribution in [0.3, 0.4) is 0 Å². The molecule has 3 aromatic rings. The van der Waals surface area contributed by atoms with Crippen molar-refractivity contribution in [1.29, 1.82) is 0 Å². The average Bonchev–Trinajstić information content (AvgIpc) is 3.34. The Bertz CT molecular complexity index is 842. The van der Waals surface area contributed by atoms with E-state index in [1.165, 1.54) is 0 Å². The van der Waals surface area contributed by atoms with Crippen LogP contribution in [0.25, 0.3) is 11.3 Å². The molecule has 1 atom stereocenters. The van der Waals surface area contributed by atoms with Crippen LogP contribution in [0.2, 0.25) is 0 Å². The van der Waals surface area contributed by atoms with E-state index in [2.05, 4.69) is 16.9 Å². The molecule has 1 amide bonds. The molecule has 25 heavy (non-hydrogen) atoms. The molecule has 4 rings (SSSR count). The minimum Gasteiger partial charge on any atom is -0.327 e. The van der Waals surface area contributed by atoms with Crippen LogP contribution in [-0.4, -0.2) is 26.8 Å². The Morgan fingerprint density at radius 1 is 1.16 bits per heavy atom. The smallest absolute Gasteiger partial charge is 0.254 e. The Labute approximate surface area is 151 Å². The molecule has 0 spiro atoms. The molecular weight excluding hydrogens is 330 g/mol. The second-order valence-electron chi connectivity index (χ2n) is 6.33. The monoisotopic (exact) mass is 349 g/mol. The quantitative estimate of drug-likeness (QED) is 0.678. The fourth-order valence-electron chi connectivity index (χ4n) is 3.06. The maximum Gasteiger partial charge on any atom is 0.254 e. The van der Waals surface area contributed by atoms with Gasteiger partial charge >= 0.3 is 0 Å². The molecule has 2 aromatic heterocycles. The van der Waals surface area contributed by atoms with Crippen LogP contribution in [0, 0.1) is 0 Å². The van der Waals surface area contributed by atoms with Crippen molar-refractivity contribution in [3.8, 4) is 11.3 Å². The summed E-state index contributed by atoms with van der Waals surface area (Å²) in [4.78, 5) is 23.9. The van der Waals surface area contributed by atoms with Gasteiger partial charge in [0.15, 0.2) is 0 Å². The van der Waals surface area contributed by atoms with E-state index in [0.29, 0.717) is 11.6 Å². The summed E-state index contributed by atoms with van der Waals surface area (Å²) in [7, 11) is 0. The van der Waals surface area contributed by atoms with E-state index in [1.54, 1.807) is 17.5 Å². The Balaban J connectivity index is 1.59. The first-order valence-corrected chi connectivity index (χ1v) is 9.40. The topological polar surface area (TPSA) is 46.1 Å². The molecular formula is C20H19N3OS. The van der Waals surface area contributed by atoms with Crippen LogP contribution in [0.15, 0.2) is 59.6 Å². The summed E-state index contributed by atoms with van der Waals surface area (Å²) in [6.07, 6.45) is 3.92. The van der Waals surface area contributed by atoms with Gasteiger partial charge in [0.2, 0.25) is 0 Å². The second kappa shape index (κ2) is 6.76. The number of benzene rings is 1. The largest absolute Gasteiger partial charge is 0.327 e. The van der Waals surface area contributed by atoms with E-state index in [4.69, 9.17) is 0 Å². The predicted molar refractivity (Wildman–Crippen MR) is 99.4 cm³/mol. The summed E-state index contributed by atoms with van der Waals surface area (Å²) in [5.41, 5.74) is 5.45. The highest BCUT2D eigenvalue weighted by molar-refractivity contribution is 7.07. The molecule has 1 fully saturated rings. The molecule has 0 bridgehead atoms. The lowest BCUT2D eigenvalue weighted by Crippen LogP contribution is -2.35. The van der Waals surface area contributed by atoms with Crippen molar-refractivity contribution >= 4 is 17.2 Å². The molecule has 0 saturated heterocycles. The third kappa shape index (κ3) is 3.33. The number of aromatic nitrogens is 2. The zero-order valence-corrected chi connectivity index (χ0v) is 14.8. The lowest BCUT2D eigenvalue weighted by atomic mass is 10.1. The molecule has 0 unspecified atom stereocenters. The highest BCUT2D eigenvalue weighted by Gasteiger charge is 2.37. The summed E-state index contributed by atoms with van der Waals surface area (Å²) >= 11 is 1.57. The molecule has 1 saturated carbocycles. The average molecular weight is 349 g/mol. The Hall–Kier alpha value is -2.53. The van der Waals surface area contributed by atoms with Crippen molar-refractivity contribution in [2.45, 2.75) is 31.8 Å². The van der Waals surface area contributed by atoms with Gasteiger partial charge in [-0.2, -0.15) is 0 Å². The fourth-order valence-corrected chi connectivity index (χ4v) is 3.63. The highest BCUT2D eigenvalue weighted by atomic mass is 32.1. The van der Waals surface area contributed by atoms with E-state index in [0.717, 1.165) is 29.8 Å². The number of rotatable bonds is 5. The van der Waals surface area contributed by atoms with Crippen LogP contribution < -0.4 is 0 Å². The van der Waals surface area contributed by atoms with Gasteiger partial charge in [0.1, 0.15) is 0 Å². The van der Waals surface area contributed by atoms with Gasteiger partial charge in [0.05, 0.1) is 22.9 Å². The summed E-state index contributed by atoms with van der Waals surface area (Å²) in [5.74, 6) is 0.0745. The summed E-state index contributed by atoms with van der Waals surface area (Å²) < 4.78 is 0. The highest BCUT2D eigenvalue weighted by Crippen LogP contribution is 2.35. The molecule has 4 nitrogen and oxygen atoms in total. The van der Waals surface area contributed by atoms with Gasteiger partial charge in [-0.15, -0.1) is 11.3 Å². The van der Waals surface area contributed by atoms with Gasteiger partial charge in [-0.25, -0.2) is 4.98 Å². The summed E-state index contributed by atoms with van der Waals surface area (Å²) in [6, 6.07) is 13.9. The number of amides is 1. The normalized spacial score (nSPS) is 14.9. The number of thiazole rings is 1. The van der Waals surface area contributed by atoms with Gasteiger partial charge in [-0.05, 0) is 44.0 Å². The van der Waals surface area contributed by atoms with Crippen molar-refractivity contribution in [1.82, 2.24) is 14.9 Å². The number of nitrogens with zero attached hydrogens (tertiary/aromatic N) is 3. The number of hydrogen-bond acceptors (Lipinski definition) is 4. The van der Waals surface area contributed by atoms with Crippen LogP contribution in [0.4, 0.5) is 0 Å². The van der Waals surface area contributed by atoms with E-state index in [1.807, 2.05) is 58.3 Å². The molecule has 0 aliphatic heterocycles. The molecule has 1 aliphatic carbocycles. The van der Waals surface area contributed by atoms with Crippen LogP contribution in [-0.2, 0) is 0 Å².